The van der Waals surface area contributed by atoms with Crippen molar-refractivity contribution in [3.63, 3.8) is 0 Å². The molecule has 1 heterocycles. The number of benzene rings is 1. The van der Waals surface area contributed by atoms with E-state index in [0.29, 0.717) is 10.6 Å². The van der Waals surface area contributed by atoms with Crippen molar-refractivity contribution in [2.75, 3.05) is 30.1 Å². The van der Waals surface area contributed by atoms with E-state index in [1.807, 2.05) is 4.90 Å². The Morgan fingerprint density at radius 2 is 1.94 bits per heavy atom. The number of sulfone groups is 1. The number of rotatable bonds is 9. The van der Waals surface area contributed by atoms with E-state index < -0.39 is 45.9 Å². The van der Waals surface area contributed by atoms with Crippen molar-refractivity contribution in [2.24, 2.45) is 11.8 Å². The van der Waals surface area contributed by atoms with Crippen LogP contribution >= 0.6 is 11.8 Å². The third kappa shape index (κ3) is 7.20. The fourth-order valence-corrected chi connectivity index (χ4v) is 7.11. The summed E-state index contributed by atoms with van der Waals surface area (Å²) in [6, 6.07) is 2.66. The highest BCUT2D eigenvalue weighted by Crippen LogP contribution is 2.44. The zero-order valence-corrected chi connectivity index (χ0v) is 22.2. The summed E-state index contributed by atoms with van der Waals surface area (Å²) in [7, 11) is -3.93. The fraction of sp³-hybridized carbons (Fsp3) is 0.708. The number of thioether (sulfide) groups is 1. The summed E-state index contributed by atoms with van der Waals surface area (Å²) in [6.45, 7) is 2.26. The maximum Gasteiger partial charge on any atom is 0.309 e. The maximum atomic E-state index is 13.9. The molecule has 0 spiro atoms. The Kier molecular flexibility index (Phi) is 8.80. The number of alkyl halides is 4. The van der Waals surface area contributed by atoms with E-state index in [9.17, 15) is 30.8 Å². The number of carboxylic acids is 1. The normalized spacial score (nSPS) is 23.0. The summed E-state index contributed by atoms with van der Waals surface area (Å²) >= 11 is 1.29. The smallest absolute Gasteiger partial charge is 0.309 e. The molecule has 1 fully saturated rings. The number of halogens is 4. The van der Waals surface area contributed by atoms with Crippen LogP contribution in [-0.4, -0.2) is 62.5 Å². The first kappa shape index (κ1) is 28.9. The molecule has 2 aliphatic rings. The van der Waals surface area contributed by atoms with E-state index in [4.69, 9.17) is 9.84 Å². The Labute approximate surface area is 213 Å². The van der Waals surface area contributed by atoms with E-state index >= 15 is 0 Å². The SMILES string of the molecule is CSc1cc2c(cc1OC[C@@H](C)C(=O)O)S(=O)(=O)C[C@H](CCC(C)(F)F)CN2C1CCC(F)(F)CC1. The van der Waals surface area contributed by atoms with Crippen LogP contribution in [0.5, 0.6) is 5.75 Å². The van der Waals surface area contributed by atoms with Gasteiger partial charge in [0, 0.05) is 37.9 Å². The highest BCUT2D eigenvalue weighted by molar-refractivity contribution is 7.98. The van der Waals surface area contributed by atoms with Gasteiger partial charge in [0.05, 0.1) is 27.1 Å². The van der Waals surface area contributed by atoms with Gasteiger partial charge in [-0.25, -0.2) is 26.0 Å². The molecule has 0 bridgehead atoms. The van der Waals surface area contributed by atoms with Gasteiger partial charge in [0.15, 0.2) is 9.84 Å². The Hall–Kier alpha value is -1.69. The molecule has 0 amide bonds. The number of aliphatic carboxylic acids is 1. The quantitative estimate of drug-likeness (QED) is 0.308. The van der Waals surface area contributed by atoms with Gasteiger partial charge in [0.1, 0.15) is 12.4 Å². The maximum absolute atomic E-state index is 13.9. The molecule has 3 rings (SSSR count). The minimum atomic E-state index is -3.93. The van der Waals surface area contributed by atoms with Crippen LogP contribution in [0.1, 0.15) is 52.4 Å². The number of carbonyl (C=O) groups is 1. The number of hydrogen-bond acceptors (Lipinski definition) is 6. The van der Waals surface area contributed by atoms with Gasteiger partial charge >= 0.3 is 5.97 Å². The average molecular weight is 556 g/mol. The molecule has 6 nitrogen and oxygen atoms in total. The molecule has 36 heavy (non-hydrogen) atoms. The molecule has 1 aromatic carbocycles. The van der Waals surface area contributed by atoms with Gasteiger partial charge in [0.2, 0.25) is 11.8 Å². The molecule has 1 aliphatic heterocycles. The standard InChI is InChI=1S/C24H33F4NO5S2/c1-15(22(30)31)13-34-19-11-21-18(10-20(19)35-3)29(17-5-8-24(27,28)9-6-17)12-16(14-36(21,32)33)4-7-23(2,25)26/h10-11,15-17H,4-9,12-14H2,1-3H3,(H,30,31)/t15-,16-/m1/s1. The van der Waals surface area contributed by atoms with Gasteiger partial charge in [-0.2, -0.15) is 0 Å². The van der Waals surface area contributed by atoms with Crippen molar-refractivity contribution >= 4 is 33.3 Å². The lowest BCUT2D eigenvalue weighted by Gasteiger charge is -2.39. The van der Waals surface area contributed by atoms with Gasteiger partial charge in [-0.15, -0.1) is 11.8 Å². The molecule has 0 saturated heterocycles. The molecule has 1 aliphatic carbocycles. The first-order chi connectivity index (χ1) is 16.6. The third-order valence-electron chi connectivity index (χ3n) is 6.83. The summed E-state index contributed by atoms with van der Waals surface area (Å²) in [6.07, 6.45) is 0.939. The monoisotopic (exact) mass is 555 g/mol. The largest absolute Gasteiger partial charge is 0.491 e. The van der Waals surface area contributed by atoms with Crippen LogP contribution in [0.4, 0.5) is 23.2 Å². The molecule has 1 aromatic rings. The number of ether oxygens (including phenoxy) is 1. The van der Waals surface area contributed by atoms with Crippen molar-refractivity contribution in [3.8, 4) is 5.75 Å². The predicted octanol–water partition coefficient (Wildman–Crippen LogP) is 5.73. The highest BCUT2D eigenvalue weighted by atomic mass is 32.2. The van der Waals surface area contributed by atoms with Crippen molar-refractivity contribution in [1.82, 2.24) is 0 Å². The van der Waals surface area contributed by atoms with Crippen molar-refractivity contribution in [1.29, 1.82) is 0 Å². The Balaban J connectivity index is 2.04. The predicted molar refractivity (Wildman–Crippen MR) is 130 cm³/mol. The average Bonchev–Trinajstić information content (AvgIpc) is 2.88. The van der Waals surface area contributed by atoms with Crippen molar-refractivity contribution < 1.29 is 40.6 Å². The van der Waals surface area contributed by atoms with Gasteiger partial charge in [0.25, 0.3) is 0 Å². The van der Waals surface area contributed by atoms with Crippen LogP contribution in [0.3, 0.4) is 0 Å². The van der Waals surface area contributed by atoms with Gasteiger partial charge < -0.3 is 14.7 Å². The number of anilines is 1. The van der Waals surface area contributed by atoms with Crippen LogP contribution in [-0.2, 0) is 14.6 Å². The summed E-state index contributed by atoms with van der Waals surface area (Å²) < 4.78 is 87.7. The number of hydrogen-bond donors (Lipinski definition) is 1. The van der Waals surface area contributed by atoms with Crippen LogP contribution in [0, 0.1) is 11.8 Å². The zero-order valence-electron chi connectivity index (χ0n) is 20.6. The lowest BCUT2D eigenvalue weighted by molar-refractivity contribution is -0.142. The van der Waals surface area contributed by atoms with Crippen LogP contribution in [0.25, 0.3) is 0 Å². The molecule has 0 radical (unpaired) electrons. The summed E-state index contributed by atoms with van der Waals surface area (Å²) in [5.41, 5.74) is 0.360. The minimum absolute atomic E-state index is 0.0229. The lowest BCUT2D eigenvalue weighted by Crippen LogP contribution is -2.43. The Bertz CT molecular complexity index is 1050. The lowest BCUT2D eigenvalue weighted by atomic mass is 9.89. The van der Waals surface area contributed by atoms with Gasteiger partial charge in [-0.05, 0) is 51.3 Å². The van der Waals surface area contributed by atoms with Crippen LogP contribution < -0.4 is 9.64 Å². The second-order valence-corrected chi connectivity index (χ2v) is 12.9. The first-order valence-electron chi connectivity index (χ1n) is 11.9. The summed E-state index contributed by atoms with van der Waals surface area (Å²) in [4.78, 5) is 13.5. The molecule has 0 aromatic heterocycles. The van der Waals surface area contributed by atoms with E-state index in [1.165, 1.54) is 24.8 Å². The molecule has 204 valence electrons. The second kappa shape index (κ2) is 11.0. The van der Waals surface area contributed by atoms with E-state index in [0.717, 1.165) is 6.92 Å². The number of nitrogens with zero attached hydrogens (tertiary/aromatic N) is 1. The van der Waals surface area contributed by atoms with Gasteiger partial charge in [-0.3, -0.25) is 4.79 Å². The van der Waals surface area contributed by atoms with E-state index in [-0.39, 0.29) is 67.7 Å². The van der Waals surface area contributed by atoms with E-state index in [2.05, 4.69) is 0 Å². The summed E-state index contributed by atoms with van der Waals surface area (Å²) in [5, 5.41) is 9.16. The molecular formula is C24H33F4NO5S2. The van der Waals surface area contributed by atoms with E-state index in [1.54, 1.807) is 12.3 Å². The number of fused-ring (bicyclic) bond motifs is 1. The third-order valence-corrected chi connectivity index (χ3v) is 9.50. The molecular weight excluding hydrogens is 522 g/mol. The molecule has 12 heteroatoms. The van der Waals surface area contributed by atoms with Crippen molar-refractivity contribution in [2.45, 2.75) is 80.1 Å². The Morgan fingerprint density at radius 1 is 1.31 bits per heavy atom. The molecule has 0 unspecified atom stereocenters. The number of carboxylic acid groups (broad SMARTS) is 1. The Morgan fingerprint density at radius 3 is 2.50 bits per heavy atom. The van der Waals surface area contributed by atoms with Gasteiger partial charge in [-0.1, -0.05) is 0 Å². The first-order valence-corrected chi connectivity index (χ1v) is 14.8. The van der Waals surface area contributed by atoms with Crippen molar-refractivity contribution in [3.05, 3.63) is 12.1 Å². The topological polar surface area (TPSA) is 83.9 Å². The highest BCUT2D eigenvalue weighted by Gasteiger charge is 2.41. The molecule has 1 N–H and O–H groups in total. The zero-order chi connectivity index (χ0) is 26.9. The molecule has 2 atom stereocenters. The van der Waals surface area contributed by atoms with Crippen LogP contribution in [0.15, 0.2) is 21.9 Å². The minimum Gasteiger partial charge on any atom is -0.491 e. The second-order valence-electron chi connectivity index (χ2n) is 10.0. The molecule has 1 saturated carbocycles. The fourth-order valence-electron chi connectivity index (χ4n) is 4.71. The van der Waals surface area contributed by atoms with Crippen LogP contribution in [0.2, 0.25) is 0 Å². The summed E-state index contributed by atoms with van der Waals surface area (Å²) in [5.74, 6) is -8.34.